The quantitative estimate of drug-likeness (QED) is 0.471. The van der Waals surface area contributed by atoms with Gasteiger partial charge in [-0.3, -0.25) is 19.7 Å². The van der Waals surface area contributed by atoms with E-state index >= 15 is 0 Å². The maximum atomic E-state index is 11.6. The summed E-state index contributed by atoms with van der Waals surface area (Å²) in [4.78, 5) is 32.4. The number of nitro benzene ring substituents is 1. The summed E-state index contributed by atoms with van der Waals surface area (Å²) in [5.41, 5.74) is 0.317. The van der Waals surface area contributed by atoms with Crippen LogP contribution in [0.2, 0.25) is 0 Å². The van der Waals surface area contributed by atoms with E-state index in [1.54, 1.807) is 25.1 Å². The molecule has 3 N–H and O–H groups in total. The van der Waals surface area contributed by atoms with Crippen LogP contribution in [0.15, 0.2) is 24.3 Å². The Morgan fingerprint density at radius 1 is 1.36 bits per heavy atom. The molecule has 1 aromatic carbocycles. The van der Waals surface area contributed by atoms with Crippen LogP contribution < -0.4 is 10.6 Å². The summed E-state index contributed by atoms with van der Waals surface area (Å²) in [7, 11) is 0. The van der Waals surface area contributed by atoms with Gasteiger partial charge < -0.3 is 15.7 Å². The van der Waals surface area contributed by atoms with Crippen molar-refractivity contribution in [3.05, 3.63) is 34.4 Å². The molecule has 0 aliphatic carbocycles. The first-order valence-electron chi connectivity index (χ1n) is 6.86. The molecule has 120 valence electrons. The van der Waals surface area contributed by atoms with E-state index in [2.05, 4.69) is 10.6 Å². The Hall–Kier alpha value is -2.64. The number of carbonyl (C=O) groups excluding carboxylic acids is 1. The van der Waals surface area contributed by atoms with Gasteiger partial charge in [0.1, 0.15) is 5.69 Å². The third kappa shape index (κ3) is 6.21. The standard InChI is InChI=1S/C14H19N3O5/c1-10(8-14(19)20)9-16-13(18)6-7-15-11-4-2-3-5-12(11)17(21)22/h2-5,10,15H,6-9H2,1H3,(H,16,18)(H,19,20). The molecule has 1 unspecified atom stereocenters. The minimum atomic E-state index is -0.903. The van der Waals surface area contributed by atoms with E-state index in [1.165, 1.54) is 6.07 Å². The SMILES string of the molecule is CC(CNC(=O)CCNc1ccccc1[N+](=O)[O-])CC(=O)O. The van der Waals surface area contributed by atoms with Crippen molar-refractivity contribution in [2.45, 2.75) is 19.8 Å². The first-order chi connectivity index (χ1) is 10.4. The van der Waals surface area contributed by atoms with Gasteiger partial charge in [0.05, 0.1) is 4.92 Å². The Morgan fingerprint density at radius 2 is 2.05 bits per heavy atom. The van der Waals surface area contributed by atoms with E-state index in [9.17, 15) is 19.7 Å². The van der Waals surface area contributed by atoms with Crippen molar-refractivity contribution < 1.29 is 19.6 Å². The van der Waals surface area contributed by atoms with Crippen LogP contribution in [0.3, 0.4) is 0 Å². The summed E-state index contributed by atoms with van der Waals surface area (Å²) >= 11 is 0. The van der Waals surface area contributed by atoms with Gasteiger partial charge in [-0.2, -0.15) is 0 Å². The largest absolute Gasteiger partial charge is 0.481 e. The van der Waals surface area contributed by atoms with Crippen molar-refractivity contribution in [1.82, 2.24) is 5.32 Å². The van der Waals surface area contributed by atoms with Gasteiger partial charge in [0.2, 0.25) is 5.91 Å². The second-order valence-corrected chi connectivity index (χ2v) is 4.96. The van der Waals surface area contributed by atoms with E-state index in [1.807, 2.05) is 0 Å². The second-order valence-electron chi connectivity index (χ2n) is 4.96. The smallest absolute Gasteiger partial charge is 0.303 e. The molecule has 0 radical (unpaired) electrons. The van der Waals surface area contributed by atoms with Gasteiger partial charge in [0.15, 0.2) is 0 Å². The number of nitrogens with zero attached hydrogens (tertiary/aromatic N) is 1. The highest BCUT2D eigenvalue weighted by atomic mass is 16.6. The molecule has 0 fully saturated rings. The second kappa shape index (κ2) is 8.60. The first-order valence-corrected chi connectivity index (χ1v) is 6.86. The molecular weight excluding hydrogens is 290 g/mol. The highest BCUT2D eigenvalue weighted by Crippen LogP contribution is 2.22. The number of amides is 1. The number of hydrogen-bond donors (Lipinski definition) is 3. The number of aliphatic carboxylic acids is 1. The summed E-state index contributed by atoms with van der Waals surface area (Å²) in [6.45, 7) is 2.28. The fraction of sp³-hybridized carbons (Fsp3) is 0.429. The van der Waals surface area contributed by atoms with E-state index in [4.69, 9.17) is 5.11 Å². The van der Waals surface area contributed by atoms with Crippen molar-refractivity contribution in [3.63, 3.8) is 0 Å². The number of nitro groups is 1. The molecule has 8 nitrogen and oxygen atoms in total. The summed E-state index contributed by atoms with van der Waals surface area (Å²) in [5.74, 6) is -1.28. The van der Waals surface area contributed by atoms with Crippen molar-refractivity contribution in [1.29, 1.82) is 0 Å². The van der Waals surface area contributed by atoms with E-state index in [0.29, 0.717) is 5.69 Å². The predicted molar refractivity (Wildman–Crippen MR) is 80.6 cm³/mol. The molecule has 0 saturated heterocycles. The van der Waals surface area contributed by atoms with Crippen LogP contribution in [-0.2, 0) is 9.59 Å². The van der Waals surface area contributed by atoms with Gasteiger partial charge in [-0.05, 0) is 12.0 Å². The van der Waals surface area contributed by atoms with Crippen LogP contribution in [0.1, 0.15) is 19.8 Å². The molecule has 0 aromatic heterocycles. The van der Waals surface area contributed by atoms with Crippen molar-refractivity contribution >= 4 is 23.3 Å². The van der Waals surface area contributed by atoms with E-state index in [0.717, 1.165) is 0 Å². The highest BCUT2D eigenvalue weighted by molar-refractivity contribution is 5.76. The molecule has 8 heteroatoms. The van der Waals surface area contributed by atoms with Gasteiger partial charge >= 0.3 is 5.97 Å². The third-order valence-corrected chi connectivity index (χ3v) is 2.94. The third-order valence-electron chi connectivity index (χ3n) is 2.94. The Morgan fingerprint density at radius 3 is 2.68 bits per heavy atom. The van der Waals surface area contributed by atoms with Gasteiger partial charge in [0, 0.05) is 32.0 Å². The van der Waals surface area contributed by atoms with Crippen LogP contribution >= 0.6 is 0 Å². The number of carboxylic acid groups (broad SMARTS) is 1. The van der Waals surface area contributed by atoms with Gasteiger partial charge in [0.25, 0.3) is 5.69 Å². The maximum absolute atomic E-state index is 11.6. The van der Waals surface area contributed by atoms with Crippen LogP contribution in [0.4, 0.5) is 11.4 Å². The Balaban J connectivity index is 2.34. The Labute approximate surface area is 127 Å². The average molecular weight is 309 g/mol. The van der Waals surface area contributed by atoms with Gasteiger partial charge in [-0.15, -0.1) is 0 Å². The van der Waals surface area contributed by atoms with Gasteiger partial charge in [-0.25, -0.2) is 0 Å². The van der Waals surface area contributed by atoms with Crippen LogP contribution in [-0.4, -0.2) is 35.0 Å². The lowest BCUT2D eigenvalue weighted by atomic mass is 10.1. The summed E-state index contributed by atoms with van der Waals surface area (Å²) in [6, 6.07) is 6.20. The lowest BCUT2D eigenvalue weighted by Crippen LogP contribution is -2.30. The summed E-state index contributed by atoms with van der Waals surface area (Å²) in [5, 5.41) is 24.9. The number of nitrogens with one attached hydrogen (secondary N) is 2. The molecule has 1 atom stereocenters. The Bertz CT molecular complexity index is 547. The summed E-state index contributed by atoms with van der Waals surface area (Å²) in [6.07, 6.45) is 0.139. The molecule has 0 spiro atoms. The predicted octanol–water partition coefficient (Wildman–Crippen LogP) is 1.62. The monoisotopic (exact) mass is 309 g/mol. The van der Waals surface area contributed by atoms with Crippen molar-refractivity contribution in [2.24, 2.45) is 5.92 Å². The van der Waals surface area contributed by atoms with Crippen molar-refractivity contribution in [2.75, 3.05) is 18.4 Å². The van der Waals surface area contributed by atoms with Crippen LogP contribution in [0.5, 0.6) is 0 Å². The molecular formula is C14H19N3O5. The van der Waals surface area contributed by atoms with Crippen LogP contribution in [0, 0.1) is 16.0 Å². The molecule has 22 heavy (non-hydrogen) atoms. The molecule has 0 bridgehead atoms. The number of carboxylic acids is 1. The summed E-state index contributed by atoms with van der Waals surface area (Å²) < 4.78 is 0. The molecule has 0 aliphatic heterocycles. The average Bonchev–Trinajstić information content (AvgIpc) is 2.45. The fourth-order valence-electron chi connectivity index (χ4n) is 1.84. The van der Waals surface area contributed by atoms with E-state index in [-0.39, 0.29) is 43.4 Å². The van der Waals surface area contributed by atoms with Gasteiger partial charge in [-0.1, -0.05) is 19.1 Å². The molecule has 0 saturated carbocycles. The topological polar surface area (TPSA) is 122 Å². The highest BCUT2D eigenvalue weighted by Gasteiger charge is 2.12. The van der Waals surface area contributed by atoms with Crippen LogP contribution in [0.25, 0.3) is 0 Å². The number of anilines is 1. The Kier molecular flexibility index (Phi) is 6.81. The normalized spacial score (nSPS) is 11.5. The minimum absolute atomic E-state index is 0.00522. The zero-order valence-electron chi connectivity index (χ0n) is 12.2. The minimum Gasteiger partial charge on any atom is -0.481 e. The zero-order valence-corrected chi connectivity index (χ0v) is 12.2. The maximum Gasteiger partial charge on any atom is 0.303 e. The lowest BCUT2D eigenvalue weighted by molar-refractivity contribution is -0.384. The molecule has 1 amide bonds. The zero-order chi connectivity index (χ0) is 16.5. The number of benzene rings is 1. The van der Waals surface area contributed by atoms with Crippen molar-refractivity contribution in [3.8, 4) is 0 Å². The molecule has 0 heterocycles. The first kappa shape index (κ1) is 17.4. The molecule has 0 aliphatic rings. The number of rotatable bonds is 9. The van der Waals surface area contributed by atoms with E-state index < -0.39 is 10.9 Å². The number of hydrogen-bond acceptors (Lipinski definition) is 5. The fourth-order valence-corrected chi connectivity index (χ4v) is 1.84. The molecule has 1 aromatic rings. The number of carbonyl (C=O) groups is 2. The lowest BCUT2D eigenvalue weighted by Gasteiger charge is -2.11. The number of para-hydroxylation sites is 2. The molecule has 1 rings (SSSR count).